The monoisotopic (exact) mass is 259 g/mol. The highest BCUT2D eigenvalue weighted by Crippen LogP contribution is 2.34. The van der Waals surface area contributed by atoms with Crippen LogP contribution in [0.1, 0.15) is 45.4 Å². The quantitative estimate of drug-likeness (QED) is 0.821. The number of hydrogen-bond donors (Lipinski definition) is 1. The van der Waals surface area contributed by atoms with E-state index in [1.165, 1.54) is 25.7 Å². The van der Waals surface area contributed by atoms with Gasteiger partial charge in [0.1, 0.15) is 0 Å². The summed E-state index contributed by atoms with van der Waals surface area (Å²) in [6, 6.07) is 0.453. The number of hydrogen-bond acceptors (Lipinski definition) is 3. The lowest BCUT2D eigenvalue weighted by atomic mass is 9.86. The van der Waals surface area contributed by atoms with Crippen LogP contribution in [-0.2, 0) is 9.84 Å². The molecule has 0 amide bonds. The molecule has 17 heavy (non-hydrogen) atoms. The summed E-state index contributed by atoms with van der Waals surface area (Å²) in [5, 5.41) is 3.63. The van der Waals surface area contributed by atoms with Crippen LogP contribution in [0.15, 0.2) is 0 Å². The topological polar surface area (TPSA) is 46.2 Å². The van der Waals surface area contributed by atoms with E-state index >= 15 is 0 Å². The van der Waals surface area contributed by atoms with Gasteiger partial charge in [0.25, 0.3) is 0 Å². The van der Waals surface area contributed by atoms with E-state index in [2.05, 4.69) is 12.2 Å². The Kier molecular flexibility index (Phi) is 4.47. The zero-order valence-electron chi connectivity index (χ0n) is 10.8. The molecule has 100 valence electrons. The molecule has 2 aliphatic rings. The molecule has 1 N–H and O–H groups in total. The van der Waals surface area contributed by atoms with Crippen LogP contribution in [0.2, 0.25) is 0 Å². The zero-order valence-corrected chi connectivity index (χ0v) is 11.6. The third-order valence-electron chi connectivity index (χ3n) is 4.31. The fourth-order valence-corrected chi connectivity index (χ4v) is 5.31. The van der Waals surface area contributed by atoms with Crippen molar-refractivity contribution in [3.8, 4) is 0 Å². The van der Waals surface area contributed by atoms with Gasteiger partial charge in [0.05, 0.1) is 11.5 Å². The molecular formula is C13H25NO2S. The first kappa shape index (κ1) is 13.3. The van der Waals surface area contributed by atoms with E-state index in [-0.39, 0.29) is 0 Å². The highest BCUT2D eigenvalue weighted by Gasteiger charge is 2.37. The van der Waals surface area contributed by atoms with Gasteiger partial charge in [-0.1, -0.05) is 19.8 Å². The Hall–Kier alpha value is -0.0900. The maximum Gasteiger partial charge on any atom is 0.150 e. The third-order valence-corrected chi connectivity index (χ3v) is 6.11. The van der Waals surface area contributed by atoms with Crippen molar-refractivity contribution >= 4 is 9.84 Å². The fraction of sp³-hybridized carbons (Fsp3) is 1.00. The average molecular weight is 259 g/mol. The van der Waals surface area contributed by atoms with Crippen LogP contribution in [0, 0.1) is 11.8 Å². The van der Waals surface area contributed by atoms with Gasteiger partial charge in [-0.25, -0.2) is 8.42 Å². The molecule has 2 unspecified atom stereocenters. The molecule has 1 aliphatic carbocycles. The summed E-state index contributed by atoms with van der Waals surface area (Å²) in [6.07, 6.45) is 7.24. The van der Waals surface area contributed by atoms with Gasteiger partial charge in [-0.15, -0.1) is 0 Å². The molecule has 1 heterocycles. The molecule has 0 aromatic rings. The van der Waals surface area contributed by atoms with Crippen LogP contribution in [0.5, 0.6) is 0 Å². The second-order valence-electron chi connectivity index (χ2n) is 5.69. The van der Waals surface area contributed by atoms with E-state index in [1.54, 1.807) is 0 Å². The van der Waals surface area contributed by atoms with E-state index in [0.29, 0.717) is 23.5 Å². The van der Waals surface area contributed by atoms with Gasteiger partial charge in [0.15, 0.2) is 9.84 Å². The van der Waals surface area contributed by atoms with E-state index in [0.717, 1.165) is 25.3 Å². The van der Waals surface area contributed by atoms with Crippen molar-refractivity contribution in [3.05, 3.63) is 0 Å². The lowest BCUT2D eigenvalue weighted by Crippen LogP contribution is -2.42. The summed E-state index contributed by atoms with van der Waals surface area (Å²) in [5.74, 6) is 1.93. The van der Waals surface area contributed by atoms with Gasteiger partial charge in [0.2, 0.25) is 0 Å². The van der Waals surface area contributed by atoms with Gasteiger partial charge in [-0.3, -0.25) is 0 Å². The van der Waals surface area contributed by atoms with E-state index in [1.807, 2.05) is 0 Å². The van der Waals surface area contributed by atoms with Crippen molar-refractivity contribution in [2.24, 2.45) is 11.8 Å². The van der Waals surface area contributed by atoms with Crippen molar-refractivity contribution < 1.29 is 8.42 Å². The molecule has 3 nitrogen and oxygen atoms in total. The minimum Gasteiger partial charge on any atom is -0.313 e. The van der Waals surface area contributed by atoms with Crippen LogP contribution in [0.25, 0.3) is 0 Å². The van der Waals surface area contributed by atoms with E-state index in [4.69, 9.17) is 0 Å². The van der Waals surface area contributed by atoms with Gasteiger partial charge in [-0.2, -0.15) is 0 Å². The first-order chi connectivity index (χ1) is 8.12. The van der Waals surface area contributed by atoms with Crippen molar-refractivity contribution in [1.29, 1.82) is 0 Å². The minimum atomic E-state index is -2.74. The summed E-state index contributed by atoms with van der Waals surface area (Å²) in [5.41, 5.74) is 0. The Morgan fingerprint density at radius 1 is 1.18 bits per heavy atom. The van der Waals surface area contributed by atoms with Crippen LogP contribution >= 0.6 is 0 Å². The largest absolute Gasteiger partial charge is 0.313 e. The first-order valence-corrected chi connectivity index (χ1v) is 8.88. The van der Waals surface area contributed by atoms with E-state index in [9.17, 15) is 8.42 Å². The fourth-order valence-electron chi connectivity index (χ4n) is 3.45. The molecule has 0 aromatic heterocycles. The summed E-state index contributed by atoms with van der Waals surface area (Å²) < 4.78 is 23.2. The SMILES string of the molecule is CCCNC(C1CCCC1)C1CCS(=O)(=O)C1. The molecule has 0 bridgehead atoms. The Morgan fingerprint density at radius 2 is 1.88 bits per heavy atom. The average Bonchev–Trinajstić information content (AvgIpc) is 2.89. The summed E-state index contributed by atoms with van der Waals surface area (Å²) in [6.45, 7) is 3.20. The summed E-state index contributed by atoms with van der Waals surface area (Å²) >= 11 is 0. The number of nitrogens with one attached hydrogen (secondary N) is 1. The molecule has 1 saturated heterocycles. The second kappa shape index (κ2) is 5.70. The molecule has 4 heteroatoms. The molecule has 0 aromatic carbocycles. The van der Waals surface area contributed by atoms with Crippen molar-refractivity contribution in [2.75, 3.05) is 18.1 Å². The standard InChI is InChI=1S/C13H25NO2S/c1-2-8-14-13(11-5-3-4-6-11)12-7-9-17(15,16)10-12/h11-14H,2-10H2,1H3. The van der Waals surface area contributed by atoms with Gasteiger partial charge >= 0.3 is 0 Å². The van der Waals surface area contributed by atoms with E-state index < -0.39 is 9.84 Å². The number of sulfone groups is 1. The lowest BCUT2D eigenvalue weighted by molar-refractivity contribution is 0.276. The molecule has 0 spiro atoms. The van der Waals surface area contributed by atoms with Crippen LogP contribution in [0.4, 0.5) is 0 Å². The zero-order chi connectivity index (χ0) is 12.3. The van der Waals surface area contributed by atoms with Gasteiger partial charge < -0.3 is 5.32 Å². The Morgan fingerprint density at radius 3 is 2.41 bits per heavy atom. The summed E-state index contributed by atoms with van der Waals surface area (Å²) in [7, 11) is -2.74. The van der Waals surface area contributed by atoms with Crippen molar-refractivity contribution in [3.63, 3.8) is 0 Å². The Labute approximate surface area is 105 Å². The van der Waals surface area contributed by atoms with Crippen LogP contribution in [-0.4, -0.2) is 32.5 Å². The molecular weight excluding hydrogens is 234 g/mol. The lowest BCUT2D eigenvalue weighted by Gasteiger charge is -2.29. The molecule has 1 aliphatic heterocycles. The smallest absolute Gasteiger partial charge is 0.150 e. The Bertz CT molecular complexity index is 333. The first-order valence-electron chi connectivity index (χ1n) is 7.06. The molecule has 2 rings (SSSR count). The molecule has 2 atom stereocenters. The third kappa shape index (κ3) is 3.44. The molecule has 0 radical (unpaired) electrons. The maximum atomic E-state index is 11.6. The molecule has 1 saturated carbocycles. The molecule has 2 fully saturated rings. The van der Waals surface area contributed by atoms with Crippen LogP contribution < -0.4 is 5.32 Å². The van der Waals surface area contributed by atoms with Crippen molar-refractivity contribution in [1.82, 2.24) is 5.32 Å². The van der Waals surface area contributed by atoms with Crippen LogP contribution in [0.3, 0.4) is 0 Å². The predicted molar refractivity (Wildman–Crippen MR) is 70.8 cm³/mol. The summed E-state index contributed by atoms with van der Waals surface area (Å²) in [4.78, 5) is 0. The van der Waals surface area contributed by atoms with Gasteiger partial charge in [0, 0.05) is 6.04 Å². The Balaban J connectivity index is 1.99. The van der Waals surface area contributed by atoms with Crippen molar-refractivity contribution in [2.45, 2.75) is 51.5 Å². The minimum absolute atomic E-state index is 0.370. The normalized spacial score (nSPS) is 30.8. The predicted octanol–water partition coefficient (Wildman–Crippen LogP) is 1.98. The number of rotatable bonds is 5. The van der Waals surface area contributed by atoms with Gasteiger partial charge in [-0.05, 0) is 44.1 Å². The second-order valence-corrected chi connectivity index (χ2v) is 7.92. The highest BCUT2D eigenvalue weighted by atomic mass is 32.2. The maximum absolute atomic E-state index is 11.6. The highest BCUT2D eigenvalue weighted by molar-refractivity contribution is 7.91.